The first-order chi connectivity index (χ1) is 13.3. The average Bonchev–Trinajstić information content (AvgIpc) is 2.69. The number of hydrogen-bond donors (Lipinski definition) is 1. The van der Waals surface area contributed by atoms with Crippen LogP contribution in [-0.4, -0.2) is 36.1 Å². The molecule has 0 spiro atoms. The number of rotatable bonds is 5. The van der Waals surface area contributed by atoms with E-state index in [1.165, 1.54) is 6.07 Å². The molecule has 2 aromatic rings. The third-order valence-corrected chi connectivity index (χ3v) is 4.67. The number of anilines is 1. The highest BCUT2D eigenvalue weighted by molar-refractivity contribution is 5.81. The summed E-state index contributed by atoms with van der Waals surface area (Å²) in [4.78, 5) is 18.2. The minimum Gasteiger partial charge on any atom is -0.481 e. The third kappa shape index (κ3) is 5.15. The van der Waals surface area contributed by atoms with Gasteiger partial charge in [0.05, 0.1) is 5.56 Å². The Morgan fingerprint density at radius 3 is 2.43 bits per heavy atom. The van der Waals surface area contributed by atoms with E-state index in [1.807, 2.05) is 23.1 Å². The van der Waals surface area contributed by atoms with Gasteiger partial charge in [0.1, 0.15) is 11.6 Å². The minimum atomic E-state index is -4.39. The van der Waals surface area contributed by atoms with E-state index in [9.17, 15) is 18.0 Å². The number of piperidine rings is 1. The number of carbonyl (C=O) groups excluding carboxylic acids is 1. The van der Waals surface area contributed by atoms with Gasteiger partial charge in [-0.25, -0.2) is 4.98 Å². The van der Waals surface area contributed by atoms with Gasteiger partial charge in [-0.05, 0) is 44.0 Å². The molecule has 8 heteroatoms. The number of pyridine rings is 1. The zero-order valence-electron chi connectivity index (χ0n) is 15.4. The normalized spacial score (nSPS) is 16.5. The molecule has 5 nitrogen and oxygen atoms in total. The summed E-state index contributed by atoms with van der Waals surface area (Å²) in [5.74, 6) is 0.960. The number of benzene rings is 1. The summed E-state index contributed by atoms with van der Waals surface area (Å²) in [7, 11) is 0. The number of nitrogens with one attached hydrogen (secondary N) is 1. The predicted octanol–water partition coefficient (Wildman–Crippen LogP) is 3.65. The predicted molar refractivity (Wildman–Crippen MR) is 99.1 cm³/mol. The fourth-order valence-electron chi connectivity index (χ4n) is 3.07. The molecule has 2 heterocycles. The van der Waals surface area contributed by atoms with E-state index >= 15 is 0 Å². The second kappa shape index (κ2) is 8.50. The summed E-state index contributed by atoms with van der Waals surface area (Å²) in [5.41, 5.74) is -0.759. The van der Waals surface area contributed by atoms with Gasteiger partial charge in [0.25, 0.3) is 5.91 Å². The highest BCUT2D eigenvalue weighted by atomic mass is 19.4. The van der Waals surface area contributed by atoms with E-state index in [1.54, 1.807) is 19.1 Å². The maximum Gasteiger partial charge on any atom is 0.417 e. The zero-order valence-corrected chi connectivity index (χ0v) is 15.4. The summed E-state index contributed by atoms with van der Waals surface area (Å²) in [6.07, 6.45) is -2.77. The largest absolute Gasteiger partial charge is 0.481 e. The number of aromatic nitrogens is 1. The number of alkyl halides is 3. The average molecular weight is 393 g/mol. The van der Waals surface area contributed by atoms with Crippen LogP contribution in [0.1, 0.15) is 25.3 Å². The maximum atomic E-state index is 12.6. The van der Waals surface area contributed by atoms with Crippen molar-refractivity contribution in [3.63, 3.8) is 0 Å². The molecule has 1 aromatic carbocycles. The molecule has 28 heavy (non-hydrogen) atoms. The summed E-state index contributed by atoms with van der Waals surface area (Å²) < 4.78 is 43.5. The van der Waals surface area contributed by atoms with Crippen LogP contribution in [0.4, 0.5) is 19.0 Å². The standard InChI is InChI=1S/C20H22F3N3O2/c1-14(28-17-5-3-2-4-6-17)19(27)25-16-9-11-26(12-10-16)18-8-7-15(13-24-18)20(21,22)23/h2-8,13-14,16H,9-12H2,1H3,(H,25,27)/t14-/m1/s1. The van der Waals surface area contributed by atoms with Crippen molar-refractivity contribution in [3.8, 4) is 5.75 Å². The lowest BCUT2D eigenvalue weighted by Crippen LogP contribution is -2.48. The molecule has 0 aliphatic carbocycles. The smallest absolute Gasteiger partial charge is 0.417 e. The lowest BCUT2D eigenvalue weighted by Gasteiger charge is -2.33. The molecular weight excluding hydrogens is 371 g/mol. The van der Waals surface area contributed by atoms with Crippen molar-refractivity contribution in [1.82, 2.24) is 10.3 Å². The molecule has 0 unspecified atom stereocenters. The SMILES string of the molecule is C[C@@H](Oc1ccccc1)C(=O)NC1CCN(c2ccc(C(F)(F)F)cn2)CC1. The van der Waals surface area contributed by atoms with Crippen LogP contribution >= 0.6 is 0 Å². The lowest BCUT2D eigenvalue weighted by atomic mass is 10.0. The molecule has 1 N–H and O–H groups in total. The molecule has 1 amide bonds. The van der Waals surface area contributed by atoms with Crippen molar-refractivity contribution < 1.29 is 22.7 Å². The molecule has 1 aromatic heterocycles. The fourth-order valence-corrected chi connectivity index (χ4v) is 3.07. The molecule has 1 saturated heterocycles. The second-order valence-electron chi connectivity index (χ2n) is 6.75. The number of hydrogen-bond acceptors (Lipinski definition) is 4. The van der Waals surface area contributed by atoms with Gasteiger partial charge in [-0.15, -0.1) is 0 Å². The Labute approximate surface area is 161 Å². The number of nitrogens with zero attached hydrogens (tertiary/aromatic N) is 2. The van der Waals surface area contributed by atoms with Crippen molar-refractivity contribution in [3.05, 3.63) is 54.2 Å². The third-order valence-electron chi connectivity index (χ3n) is 4.67. The first-order valence-corrected chi connectivity index (χ1v) is 9.13. The Balaban J connectivity index is 1.48. The molecule has 0 radical (unpaired) electrons. The monoisotopic (exact) mass is 393 g/mol. The molecule has 0 bridgehead atoms. The second-order valence-corrected chi connectivity index (χ2v) is 6.75. The van der Waals surface area contributed by atoms with Crippen LogP contribution in [0.3, 0.4) is 0 Å². The van der Waals surface area contributed by atoms with Crippen molar-refractivity contribution >= 4 is 11.7 Å². The lowest BCUT2D eigenvalue weighted by molar-refractivity contribution is -0.137. The van der Waals surface area contributed by atoms with E-state index < -0.39 is 17.8 Å². The van der Waals surface area contributed by atoms with Crippen LogP contribution in [0, 0.1) is 0 Å². The van der Waals surface area contributed by atoms with Gasteiger partial charge < -0.3 is 15.0 Å². The maximum absolute atomic E-state index is 12.6. The van der Waals surface area contributed by atoms with Gasteiger partial charge in [-0.2, -0.15) is 13.2 Å². The fraction of sp³-hybridized carbons (Fsp3) is 0.400. The first-order valence-electron chi connectivity index (χ1n) is 9.13. The Morgan fingerprint density at radius 1 is 1.18 bits per heavy atom. The zero-order chi connectivity index (χ0) is 20.1. The summed E-state index contributed by atoms with van der Waals surface area (Å²) >= 11 is 0. The van der Waals surface area contributed by atoms with E-state index in [4.69, 9.17) is 4.74 Å². The highest BCUT2D eigenvalue weighted by Crippen LogP contribution is 2.29. The minimum absolute atomic E-state index is 0.0000201. The molecule has 1 fully saturated rings. The number of ether oxygens (including phenoxy) is 1. The number of halogens is 3. The van der Waals surface area contributed by atoms with E-state index in [2.05, 4.69) is 10.3 Å². The van der Waals surface area contributed by atoms with Crippen molar-refractivity contribution in [2.45, 2.75) is 38.1 Å². The molecule has 1 atom stereocenters. The quantitative estimate of drug-likeness (QED) is 0.843. The van der Waals surface area contributed by atoms with Gasteiger partial charge >= 0.3 is 6.18 Å². The molecule has 1 aliphatic heterocycles. The summed E-state index contributed by atoms with van der Waals surface area (Å²) in [6, 6.07) is 11.6. The van der Waals surface area contributed by atoms with Gasteiger partial charge in [0, 0.05) is 25.3 Å². The van der Waals surface area contributed by atoms with Crippen molar-refractivity contribution in [1.29, 1.82) is 0 Å². The Morgan fingerprint density at radius 2 is 1.86 bits per heavy atom. The van der Waals surface area contributed by atoms with Crippen molar-refractivity contribution in [2.24, 2.45) is 0 Å². The van der Waals surface area contributed by atoms with Gasteiger partial charge in [0.15, 0.2) is 6.10 Å². The Bertz CT molecular complexity index is 774. The number of carbonyl (C=O) groups is 1. The topological polar surface area (TPSA) is 54.5 Å². The first kappa shape index (κ1) is 20.0. The number of para-hydroxylation sites is 1. The highest BCUT2D eigenvalue weighted by Gasteiger charge is 2.31. The van der Waals surface area contributed by atoms with Crippen LogP contribution in [0.25, 0.3) is 0 Å². The molecule has 1 aliphatic rings. The molecule has 3 rings (SSSR count). The van der Waals surface area contributed by atoms with Gasteiger partial charge in [0.2, 0.25) is 0 Å². The molecule has 150 valence electrons. The van der Waals surface area contributed by atoms with Gasteiger partial charge in [-0.3, -0.25) is 4.79 Å². The Kier molecular flexibility index (Phi) is 6.06. The van der Waals surface area contributed by atoms with Crippen LogP contribution in [-0.2, 0) is 11.0 Å². The van der Waals surface area contributed by atoms with Gasteiger partial charge in [-0.1, -0.05) is 18.2 Å². The Hall–Kier alpha value is -2.77. The van der Waals surface area contributed by atoms with Crippen molar-refractivity contribution in [2.75, 3.05) is 18.0 Å². The molecule has 0 saturated carbocycles. The number of amides is 1. The van der Waals surface area contributed by atoms with Crippen LogP contribution in [0.2, 0.25) is 0 Å². The molecular formula is C20H22F3N3O2. The van der Waals surface area contributed by atoms with E-state index in [0.717, 1.165) is 12.3 Å². The van der Waals surface area contributed by atoms with Crippen LogP contribution in [0.15, 0.2) is 48.7 Å². The summed E-state index contributed by atoms with van der Waals surface area (Å²) in [6.45, 7) is 2.91. The summed E-state index contributed by atoms with van der Waals surface area (Å²) in [5, 5.41) is 2.98. The van der Waals surface area contributed by atoms with Crippen LogP contribution in [0.5, 0.6) is 5.75 Å². The van der Waals surface area contributed by atoms with Crippen LogP contribution < -0.4 is 15.0 Å². The van der Waals surface area contributed by atoms with E-state index in [-0.39, 0.29) is 11.9 Å². The van der Waals surface area contributed by atoms with E-state index in [0.29, 0.717) is 37.5 Å².